The minimum Gasteiger partial charge on any atom is -0.484 e. The van der Waals surface area contributed by atoms with Crippen LogP contribution in [0.25, 0.3) is 0 Å². The van der Waals surface area contributed by atoms with E-state index in [0.29, 0.717) is 18.2 Å². The first kappa shape index (κ1) is 20.9. The minimum absolute atomic E-state index is 0.0444. The van der Waals surface area contributed by atoms with Crippen molar-refractivity contribution in [2.45, 2.75) is 20.3 Å². The first-order valence-corrected chi connectivity index (χ1v) is 10.1. The lowest BCUT2D eigenvalue weighted by Gasteiger charge is -2.31. The Kier molecular flexibility index (Phi) is 7.25. The fourth-order valence-electron chi connectivity index (χ4n) is 3.19. The van der Waals surface area contributed by atoms with Gasteiger partial charge >= 0.3 is 0 Å². The Balaban J connectivity index is 1.37. The van der Waals surface area contributed by atoms with Gasteiger partial charge < -0.3 is 20.7 Å². The second kappa shape index (κ2) is 10.1. The molecule has 6 heteroatoms. The molecule has 0 spiro atoms. The molecule has 0 bridgehead atoms. The second-order valence-electron chi connectivity index (χ2n) is 7.60. The van der Waals surface area contributed by atoms with Gasteiger partial charge in [-0.1, -0.05) is 31.2 Å². The van der Waals surface area contributed by atoms with E-state index in [2.05, 4.69) is 16.0 Å². The molecule has 0 saturated carbocycles. The van der Waals surface area contributed by atoms with E-state index in [1.807, 2.05) is 62.4 Å². The van der Waals surface area contributed by atoms with Crippen molar-refractivity contribution in [1.82, 2.24) is 10.6 Å². The van der Waals surface area contributed by atoms with E-state index in [-0.39, 0.29) is 24.3 Å². The molecule has 6 nitrogen and oxygen atoms in total. The molecule has 29 heavy (non-hydrogen) atoms. The number of aryl methyl sites for hydroxylation is 1. The Bertz CT molecular complexity index is 832. The van der Waals surface area contributed by atoms with Crippen molar-refractivity contribution in [1.29, 1.82) is 0 Å². The van der Waals surface area contributed by atoms with Crippen molar-refractivity contribution in [2.24, 2.45) is 11.8 Å². The molecule has 1 fully saturated rings. The molecule has 0 aromatic heterocycles. The van der Waals surface area contributed by atoms with Gasteiger partial charge in [0.15, 0.2) is 6.61 Å². The van der Waals surface area contributed by atoms with Crippen molar-refractivity contribution in [3.8, 4) is 5.75 Å². The van der Waals surface area contributed by atoms with E-state index in [4.69, 9.17) is 4.74 Å². The van der Waals surface area contributed by atoms with E-state index in [1.165, 1.54) is 0 Å². The molecule has 1 atom stereocenters. The fourth-order valence-corrected chi connectivity index (χ4v) is 3.19. The van der Waals surface area contributed by atoms with Crippen molar-refractivity contribution < 1.29 is 14.3 Å². The predicted molar refractivity (Wildman–Crippen MR) is 114 cm³/mol. The van der Waals surface area contributed by atoms with Crippen LogP contribution in [0.1, 0.15) is 18.1 Å². The van der Waals surface area contributed by atoms with Gasteiger partial charge in [-0.2, -0.15) is 0 Å². The number of hydrogen-bond acceptors (Lipinski definition) is 4. The van der Waals surface area contributed by atoms with Crippen molar-refractivity contribution >= 4 is 17.5 Å². The van der Waals surface area contributed by atoms with Gasteiger partial charge in [0.1, 0.15) is 5.75 Å². The Morgan fingerprint density at radius 1 is 1.17 bits per heavy atom. The first-order chi connectivity index (χ1) is 14.0. The molecule has 1 unspecified atom stereocenters. The molecule has 2 amide bonds. The van der Waals surface area contributed by atoms with E-state index in [0.717, 1.165) is 36.3 Å². The third kappa shape index (κ3) is 6.32. The van der Waals surface area contributed by atoms with Gasteiger partial charge in [0.2, 0.25) is 5.91 Å². The number of amides is 2. The van der Waals surface area contributed by atoms with E-state index in [1.54, 1.807) is 0 Å². The van der Waals surface area contributed by atoms with Crippen LogP contribution in [0.3, 0.4) is 0 Å². The monoisotopic (exact) mass is 395 g/mol. The molecule has 1 aliphatic heterocycles. The van der Waals surface area contributed by atoms with E-state index >= 15 is 0 Å². The molecule has 154 valence electrons. The zero-order valence-corrected chi connectivity index (χ0v) is 17.0. The highest BCUT2D eigenvalue weighted by molar-refractivity contribution is 5.91. The SMILES string of the molecule is Cc1cccc(NC(=O)COc2ccc(CCNC(=O)C(C)C3CNC3)cc2)c1. The van der Waals surface area contributed by atoms with Crippen LogP contribution in [0, 0.1) is 18.8 Å². The molecule has 1 aliphatic rings. The largest absolute Gasteiger partial charge is 0.484 e. The molecule has 1 heterocycles. The Labute approximate surface area is 172 Å². The highest BCUT2D eigenvalue weighted by Crippen LogP contribution is 2.16. The van der Waals surface area contributed by atoms with Gasteiger partial charge in [-0.3, -0.25) is 9.59 Å². The van der Waals surface area contributed by atoms with Crippen LogP contribution in [0.15, 0.2) is 48.5 Å². The van der Waals surface area contributed by atoms with Gasteiger partial charge in [-0.15, -0.1) is 0 Å². The highest BCUT2D eigenvalue weighted by atomic mass is 16.5. The van der Waals surface area contributed by atoms with Gasteiger partial charge in [0.05, 0.1) is 0 Å². The molecule has 3 rings (SSSR count). The molecule has 3 N–H and O–H groups in total. The smallest absolute Gasteiger partial charge is 0.262 e. The number of rotatable bonds is 9. The minimum atomic E-state index is -0.196. The molecular formula is C23H29N3O3. The van der Waals surface area contributed by atoms with E-state index < -0.39 is 0 Å². The lowest BCUT2D eigenvalue weighted by molar-refractivity contribution is -0.126. The number of carbonyl (C=O) groups is 2. The summed E-state index contributed by atoms with van der Waals surface area (Å²) in [5.74, 6) is 1.07. The zero-order valence-electron chi connectivity index (χ0n) is 17.0. The zero-order chi connectivity index (χ0) is 20.6. The van der Waals surface area contributed by atoms with Gasteiger partial charge in [0.25, 0.3) is 5.91 Å². The Morgan fingerprint density at radius 3 is 2.59 bits per heavy atom. The Hall–Kier alpha value is -2.86. The summed E-state index contributed by atoms with van der Waals surface area (Å²) in [5.41, 5.74) is 2.96. The topological polar surface area (TPSA) is 79.5 Å². The number of anilines is 1. The van der Waals surface area contributed by atoms with Crippen LogP contribution in [0.4, 0.5) is 5.69 Å². The second-order valence-corrected chi connectivity index (χ2v) is 7.60. The molecule has 1 saturated heterocycles. The molecule has 0 aliphatic carbocycles. The summed E-state index contributed by atoms with van der Waals surface area (Å²) >= 11 is 0. The summed E-state index contributed by atoms with van der Waals surface area (Å²) in [6, 6.07) is 15.2. The van der Waals surface area contributed by atoms with Gasteiger partial charge in [-0.25, -0.2) is 0 Å². The van der Waals surface area contributed by atoms with Crippen LogP contribution >= 0.6 is 0 Å². The van der Waals surface area contributed by atoms with Gasteiger partial charge in [-0.05, 0) is 67.7 Å². The van der Waals surface area contributed by atoms with Crippen LogP contribution in [-0.2, 0) is 16.0 Å². The van der Waals surface area contributed by atoms with Crippen molar-refractivity contribution in [3.05, 3.63) is 59.7 Å². The summed E-state index contributed by atoms with van der Waals surface area (Å²) in [4.78, 5) is 24.1. The number of hydrogen-bond donors (Lipinski definition) is 3. The third-order valence-corrected chi connectivity index (χ3v) is 5.24. The van der Waals surface area contributed by atoms with Crippen LogP contribution in [0.5, 0.6) is 5.75 Å². The maximum atomic E-state index is 12.1. The van der Waals surface area contributed by atoms with Crippen LogP contribution < -0.4 is 20.7 Å². The number of benzene rings is 2. The maximum Gasteiger partial charge on any atom is 0.262 e. The highest BCUT2D eigenvalue weighted by Gasteiger charge is 2.28. The molecule has 2 aromatic rings. The van der Waals surface area contributed by atoms with Crippen LogP contribution in [-0.4, -0.2) is 38.1 Å². The molecular weight excluding hydrogens is 366 g/mol. The standard InChI is InChI=1S/C23H29N3O3/c1-16-4-3-5-20(12-16)26-22(27)15-29-21-8-6-18(7-9-21)10-11-25-23(28)17(2)19-13-24-14-19/h3-9,12,17,19,24H,10-11,13-15H2,1-2H3,(H,25,28)(H,26,27). The summed E-state index contributed by atoms with van der Waals surface area (Å²) in [7, 11) is 0. The summed E-state index contributed by atoms with van der Waals surface area (Å²) < 4.78 is 5.56. The number of ether oxygens (including phenoxy) is 1. The third-order valence-electron chi connectivity index (χ3n) is 5.24. The van der Waals surface area contributed by atoms with Crippen LogP contribution in [0.2, 0.25) is 0 Å². The Morgan fingerprint density at radius 2 is 1.93 bits per heavy atom. The lowest BCUT2D eigenvalue weighted by Crippen LogP contribution is -2.49. The number of carbonyl (C=O) groups excluding carboxylic acids is 2. The normalized spacial score (nSPS) is 14.6. The molecule has 0 radical (unpaired) electrons. The summed E-state index contributed by atoms with van der Waals surface area (Å²) in [5, 5.41) is 9.03. The quantitative estimate of drug-likeness (QED) is 0.610. The summed E-state index contributed by atoms with van der Waals surface area (Å²) in [6.07, 6.45) is 0.759. The maximum absolute atomic E-state index is 12.1. The average molecular weight is 396 g/mol. The van der Waals surface area contributed by atoms with Crippen molar-refractivity contribution in [2.75, 3.05) is 31.6 Å². The lowest BCUT2D eigenvalue weighted by atomic mass is 9.88. The van der Waals surface area contributed by atoms with Gasteiger partial charge in [0, 0.05) is 18.2 Å². The van der Waals surface area contributed by atoms with E-state index in [9.17, 15) is 9.59 Å². The predicted octanol–water partition coefficient (Wildman–Crippen LogP) is 2.53. The summed E-state index contributed by atoms with van der Waals surface area (Å²) in [6.45, 7) is 6.39. The fraction of sp³-hybridized carbons (Fsp3) is 0.391. The average Bonchev–Trinajstić information content (AvgIpc) is 2.66. The first-order valence-electron chi connectivity index (χ1n) is 10.1. The molecule has 2 aromatic carbocycles. The number of nitrogens with one attached hydrogen (secondary N) is 3. The van der Waals surface area contributed by atoms with Crippen molar-refractivity contribution in [3.63, 3.8) is 0 Å².